The molecular formula is C13H17N3O2. The van der Waals surface area contributed by atoms with Crippen molar-refractivity contribution in [2.75, 3.05) is 13.7 Å². The van der Waals surface area contributed by atoms with E-state index in [0.717, 1.165) is 11.3 Å². The van der Waals surface area contributed by atoms with Gasteiger partial charge in [-0.15, -0.1) is 0 Å². The maximum Gasteiger partial charge on any atom is 0.165 e. The maximum atomic E-state index is 5.76. The molecule has 0 aliphatic rings. The summed E-state index contributed by atoms with van der Waals surface area (Å²) in [5.74, 6) is 1.42. The van der Waals surface area contributed by atoms with E-state index in [0.29, 0.717) is 25.4 Å². The van der Waals surface area contributed by atoms with Gasteiger partial charge in [-0.1, -0.05) is 12.1 Å². The summed E-state index contributed by atoms with van der Waals surface area (Å²) < 4.78 is 12.8. The predicted octanol–water partition coefficient (Wildman–Crippen LogP) is 1.43. The van der Waals surface area contributed by atoms with Crippen LogP contribution in [0.2, 0.25) is 0 Å². The molecule has 0 fully saturated rings. The zero-order chi connectivity index (χ0) is 12.8. The number of hydrogen-bond acceptors (Lipinski definition) is 4. The first-order valence-electron chi connectivity index (χ1n) is 5.81. The summed E-state index contributed by atoms with van der Waals surface area (Å²) >= 11 is 0. The Morgan fingerprint density at radius 3 is 2.89 bits per heavy atom. The molecule has 0 bridgehead atoms. The SMILES string of the molecule is COc1cccc(CN)c1OCCn1cccn1. The Kier molecular flexibility index (Phi) is 4.20. The summed E-state index contributed by atoms with van der Waals surface area (Å²) in [5, 5.41) is 4.11. The summed E-state index contributed by atoms with van der Waals surface area (Å²) in [5.41, 5.74) is 6.63. The molecule has 5 nitrogen and oxygen atoms in total. The molecule has 0 radical (unpaired) electrons. The second-order valence-corrected chi connectivity index (χ2v) is 3.77. The quantitative estimate of drug-likeness (QED) is 0.838. The number of para-hydroxylation sites is 1. The van der Waals surface area contributed by atoms with E-state index in [1.54, 1.807) is 13.3 Å². The third-order valence-corrected chi connectivity index (χ3v) is 2.63. The fourth-order valence-electron chi connectivity index (χ4n) is 1.72. The highest BCUT2D eigenvalue weighted by atomic mass is 16.5. The van der Waals surface area contributed by atoms with Gasteiger partial charge in [0.1, 0.15) is 6.61 Å². The molecule has 0 unspecified atom stereocenters. The van der Waals surface area contributed by atoms with Crippen molar-refractivity contribution in [2.45, 2.75) is 13.1 Å². The lowest BCUT2D eigenvalue weighted by Gasteiger charge is -2.14. The van der Waals surface area contributed by atoms with Crippen LogP contribution in [0.1, 0.15) is 5.56 Å². The molecule has 2 rings (SSSR count). The number of nitrogens with zero attached hydrogens (tertiary/aromatic N) is 2. The summed E-state index contributed by atoms with van der Waals surface area (Å²) in [6, 6.07) is 7.59. The maximum absolute atomic E-state index is 5.76. The molecule has 96 valence electrons. The number of nitrogens with two attached hydrogens (primary N) is 1. The topological polar surface area (TPSA) is 62.3 Å². The van der Waals surface area contributed by atoms with E-state index < -0.39 is 0 Å². The van der Waals surface area contributed by atoms with Crippen LogP contribution in [0.4, 0.5) is 0 Å². The number of hydrogen-bond donors (Lipinski definition) is 1. The predicted molar refractivity (Wildman–Crippen MR) is 68.6 cm³/mol. The number of rotatable bonds is 6. The van der Waals surface area contributed by atoms with Crippen molar-refractivity contribution in [3.8, 4) is 11.5 Å². The van der Waals surface area contributed by atoms with Crippen LogP contribution in [-0.2, 0) is 13.1 Å². The lowest BCUT2D eigenvalue weighted by atomic mass is 10.2. The lowest BCUT2D eigenvalue weighted by Crippen LogP contribution is -2.11. The van der Waals surface area contributed by atoms with Gasteiger partial charge in [0.2, 0.25) is 0 Å². The van der Waals surface area contributed by atoms with E-state index in [9.17, 15) is 0 Å². The van der Waals surface area contributed by atoms with Crippen LogP contribution >= 0.6 is 0 Å². The van der Waals surface area contributed by atoms with Crippen LogP contribution in [-0.4, -0.2) is 23.5 Å². The third kappa shape index (κ3) is 2.81. The van der Waals surface area contributed by atoms with Crippen molar-refractivity contribution in [3.63, 3.8) is 0 Å². The molecule has 0 aliphatic carbocycles. The van der Waals surface area contributed by atoms with Gasteiger partial charge in [-0.3, -0.25) is 4.68 Å². The minimum atomic E-state index is 0.425. The van der Waals surface area contributed by atoms with Gasteiger partial charge < -0.3 is 15.2 Å². The van der Waals surface area contributed by atoms with Gasteiger partial charge in [0, 0.05) is 24.5 Å². The molecule has 0 saturated heterocycles. The van der Waals surface area contributed by atoms with Gasteiger partial charge in [0.25, 0.3) is 0 Å². The molecule has 1 aromatic carbocycles. The van der Waals surface area contributed by atoms with Crippen LogP contribution in [0.15, 0.2) is 36.7 Å². The van der Waals surface area contributed by atoms with Gasteiger partial charge >= 0.3 is 0 Å². The first kappa shape index (κ1) is 12.4. The van der Waals surface area contributed by atoms with Crippen molar-refractivity contribution in [2.24, 2.45) is 5.73 Å². The van der Waals surface area contributed by atoms with Crippen molar-refractivity contribution in [1.29, 1.82) is 0 Å². The Hall–Kier alpha value is -2.01. The van der Waals surface area contributed by atoms with Crippen LogP contribution in [0, 0.1) is 0 Å². The standard InChI is InChI=1S/C13H17N3O2/c1-17-12-5-2-4-11(10-14)13(12)18-9-8-16-7-3-6-15-16/h2-7H,8-10,14H2,1H3. The Bertz CT molecular complexity index is 461. The first-order valence-corrected chi connectivity index (χ1v) is 5.81. The smallest absolute Gasteiger partial charge is 0.165 e. The Morgan fingerprint density at radius 1 is 1.33 bits per heavy atom. The molecule has 0 saturated carbocycles. The molecule has 2 aromatic rings. The largest absolute Gasteiger partial charge is 0.493 e. The van der Waals surface area contributed by atoms with Gasteiger partial charge in [0.05, 0.1) is 13.7 Å². The minimum absolute atomic E-state index is 0.425. The van der Waals surface area contributed by atoms with Crippen molar-refractivity contribution < 1.29 is 9.47 Å². The second-order valence-electron chi connectivity index (χ2n) is 3.77. The van der Waals surface area contributed by atoms with E-state index >= 15 is 0 Å². The zero-order valence-corrected chi connectivity index (χ0v) is 10.4. The minimum Gasteiger partial charge on any atom is -0.493 e. The zero-order valence-electron chi connectivity index (χ0n) is 10.4. The molecule has 0 spiro atoms. The Balaban J connectivity index is 2.03. The average Bonchev–Trinajstić information content (AvgIpc) is 2.92. The van der Waals surface area contributed by atoms with Crippen LogP contribution in [0.5, 0.6) is 11.5 Å². The van der Waals surface area contributed by atoms with E-state index in [1.165, 1.54) is 0 Å². The molecule has 2 N–H and O–H groups in total. The number of methoxy groups -OCH3 is 1. The number of ether oxygens (including phenoxy) is 2. The fraction of sp³-hybridized carbons (Fsp3) is 0.308. The molecule has 0 atom stereocenters. The molecule has 0 aliphatic heterocycles. The van der Waals surface area contributed by atoms with Crippen LogP contribution in [0.3, 0.4) is 0 Å². The lowest BCUT2D eigenvalue weighted by molar-refractivity contribution is 0.271. The van der Waals surface area contributed by atoms with Gasteiger partial charge in [-0.2, -0.15) is 5.10 Å². The van der Waals surface area contributed by atoms with Crippen LogP contribution < -0.4 is 15.2 Å². The second kappa shape index (κ2) is 6.07. The van der Waals surface area contributed by atoms with Crippen molar-refractivity contribution in [1.82, 2.24) is 9.78 Å². The van der Waals surface area contributed by atoms with E-state index in [-0.39, 0.29) is 0 Å². The Labute approximate surface area is 106 Å². The van der Waals surface area contributed by atoms with Crippen LogP contribution in [0.25, 0.3) is 0 Å². The summed E-state index contributed by atoms with van der Waals surface area (Å²) in [6.07, 6.45) is 3.64. The fourth-order valence-corrected chi connectivity index (χ4v) is 1.72. The number of aromatic nitrogens is 2. The molecule has 0 amide bonds. The third-order valence-electron chi connectivity index (χ3n) is 2.63. The van der Waals surface area contributed by atoms with Gasteiger partial charge in [0.15, 0.2) is 11.5 Å². The normalized spacial score (nSPS) is 10.3. The molecule has 1 aromatic heterocycles. The van der Waals surface area contributed by atoms with Gasteiger partial charge in [-0.25, -0.2) is 0 Å². The summed E-state index contributed by atoms with van der Waals surface area (Å²) in [7, 11) is 1.62. The highest BCUT2D eigenvalue weighted by molar-refractivity contribution is 5.46. The molecule has 1 heterocycles. The Morgan fingerprint density at radius 2 is 2.22 bits per heavy atom. The monoisotopic (exact) mass is 247 g/mol. The van der Waals surface area contributed by atoms with E-state index in [1.807, 2.05) is 35.1 Å². The molecular weight excluding hydrogens is 230 g/mol. The van der Waals surface area contributed by atoms with Crippen molar-refractivity contribution >= 4 is 0 Å². The molecule has 18 heavy (non-hydrogen) atoms. The highest BCUT2D eigenvalue weighted by Crippen LogP contribution is 2.30. The highest BCUT2D eigenvalue weighted by Gasteiger charge is 2.09. The number of benzene rings is 1. The van der Waals surface area contributed by atoms with Gasteiger partial charge in [-0.05, 0) is 12.1 Å². The summed E-state index contributed by atoms with van der Waals surface area (Å²) in [6.45, 7) is 1.64. The van der Waals surface area contributed by atoms with E-state index in [2.05, 4.69) is 5.10 Å². The van der Waals surface area contributed by atoms with Crippen molar-refractivity contribution in [3.05, 3.63) is 42.2 Å². The molecule has 5 heteroatoms. The summed E-state index contributed by atoms with van der Waals surface area (Å²) in [4.78, 5) is 0. The van der Waals surface area contributed by atoms with E-state index in [4.69, 9.17) is 15.2 Å². The first-order chi connectivity index (χ1) is 8.85. The average molecular weight is 247 g/mol.